The number of hydrogen-bond acceptors (Lipinski definition) is 7. The van der Waals surface area contributed by atoms with Gasteiger partial charge in [-0.05, 0) is 30.5 Å². The number of aromatic nitrogens is 6. The van der Waals surface area contributed by atoms with E-state index >= 15 is 0 Å². The van der Waals surface area contributed by atoms with Gasteiger partial charge in [0.2, 0.25) is 5.78 Å². The molecule has 4 heterocycles. The molecular weight excluding hydrogens is 396 g/mol. The lowest BCUT2D eigenvalue weighted by molar-refractivity contribution is 0.340. The molecule has 4 aromatic heterocycles. The van der Waals surface area contributed by atoms with Gasteiger partial charge in [0.15, 0.2) is 5.16 Å². The minimum Gasteiger partial charge on any atom is -0.494 e. The van der Waals surface area contributed by atoms with Crippen molar-refractivity contribution in [2.45, 2.75) is 17.8 Å². The van der Waals surface area contributed by atoms with Crippen LogP contribution >= 0.6 is 23.1 Å². The molecule has 10 heteroatoms. The maximum atomic E-state index is 12.4. The fourth-order valence-electron chi connectivity index (χ4n) is 3.17. The number of benzene rings is 1. The highest BCUT2D eigenvalue weighted by Gasteiger charge is 2.16. The van der Waals surface area contributed by atoms with E-state index in [0.717, 1.165) is 33.3 Å². The second-order valence-corrected chi connectivity index (χ2v) is 8.07. The fourth-order valence-corrected chi connectivity index (χ4v) is 4.82. The molecule has 5 rings (SSSR count). The molecule has 0 atom stereocenters. The van der Waals surface area contributed by atoms with Crippen LogP contribution in [0, 0.1) is 0 Å². The molecule has 142 valence electrons. The maximum absolute atomic E-state index is 12.4. The van der Waals surface area contributed by atoms with Gasteiger partial charge < -0.3 is 9.72 Å². The summed E-state index contributed by atoms with van der Waals surface area (Å²) in [4.78, 5) is 20.4. The Balaban J connectivity index is 1.49. The average Bonchev–Trinajstić information content (AvgIpc) is 3.41. The van der Waals surface area contributed by atoms with Crippen LogP contribution in [0.15, 0.2) is 39.6 Å². The highest BCUT2D eigenvalue weighted by molar-refractivity contribution is 7.98. The van der Waals surface area contributed by atoms with Crippen molar-refractivity contribution in [3.05, 3.63) is 45.8 Å². The lowest BCUT2D eigenvalue weighted by Gasteiger charge is -2.04. The first-order chi connectivity index (χ1) is 13.7. The average molecular weight is 413 g/mol. The second-order valence-electron chi connectivity index (χ2n) is 6.19. The first kappa shape index (κ1) is 17.3. The molecule has 0 fully saturated rings. The number of fused-ring (bicyclic) bond motifs is 4. The van der Waals surface area contributed by atoms with E-state index in [2.05, 4.69) is 20.2 Å². The summed E-state index contributed by atoms with van der Waals surface area (Å²) in [7, 11) is 1.72. The lowest BCUT2D eigenvalue weighted by atomic mass is 10.3. The van der Waals surface area contributed by atoms with E-state index in [1.807, 2.05) is 41.0 Å². The van der Waals surface area contributed by atoms with Gasteiger partial charge in [0.05, 0.1) is 28.9 Å². The van der Waals surface area contributed by atoms with Crippen LogP contribution in [0.5, 0.6) is 5.75 Å². The van der Waals surface area contributed by atoms with E-state index in [1.54, 1.807) is 18.8 Å². The van der Waals surface area contributed by atoms with Gasteiger partial charge in [-0.3, -0.25) is 13.8 Å². The van der Waals surface area contributed by atoms with Crippen molar-refractivity contribution in [1.82, 2.24) is 29.1 Å². The number of aryl methyl sites for hydroxylation is 1. The van der Waals surface area contributed by atoms with Gasteiger partial charge in [0.25, 0.3) is 5.56 Å². The van der Waals surface area contributed by atoms with Crippen molar-refractivity contribution < 1.29 is 4.74 Å². The van der Waals surface area contributed by atoms with E-state index in [0.29, 0.717) is 22.8 Å². The minimum absolute atomic E-state index is 0.0495. The zero-order valence-electron chi connectivity index (χ0n) is 15.2. The molecule has 1 aromatic carbocycles. The fraction of sp³-hybridized carbons (Fsp3) is 0.222. The number of rotatable bonds is 5. The van der Waals surface area contributed by atoms with Crippen LogP contribution < -0.4 is 10.3 Å². The van der Waals surface area contributed by atoms with Crippen molar-refractivity contribution in [1.29, 1.82) is 0 Å². The van der Waals surface area contributed by atoms with Crippen LogP contribution in [0.3, 0.4) is 0 Å². The zero-order chi connectivity index (χ0) is 19.3. The summed E-state index contributed by atoms with van der Waals surface area (Å²) >= 11 is 2.98. The van der Waals surface area contributed by atoms with Gasteiger partial charge in [-0.1, -0.05) is 11.8 Å². The number of thioether (sulfide) groups is 1. The Morgan fingerprint density at radius 3 is 3.04 bits per heavy atom. The van der Waals surface area contributed by atoms with Crippen LogP contribution in [0.2, 0.25) is 0 Å². The summed E-state index contributed by atoms with van der Waals surface area (Å²) in [6, 6.07) is 7.74. The summed E-state index contributed by atoms with van der Waals surface area (Å²) in [5.74, 6) is 2.70. The van der Waals surface area contributed by atoms with Crippen molar-refractivity contribution in [2.75, 3.05) is 6.61 Å². The molecule has 0 radical (unpaired) electrons. The predicted molar refractivity (Wildman–Crippen MR) is 110 cm³/mol. The quantitative estimate of drug-likeness (QED) is 0.446. The smallest absolute Gasteiger partial charge is 0.272 e. The van der Waals surface area contributed by atoms with Crippen LogP contribution in [0.4, 0.5) is 0 Å². The first-order valence-electron chi connectivity index (χ1n) is 8.71. The van der Waals surface area contributed by atoms with Crippen molar-refractivity contribution in [2.24, 2.45) is 7.05 Å². The number of nitrogens with one attached hydrogen (secondary N) is 1. The summed E-state index contributed by atoms with van der Waals surface area (Å²) in [6.07, 6.45) is 0. The van der Waals surface area contributed by atoms with E-state index in [9.17, 15) is 4.79 Å². The topological polar surface area (TPSA) is 90.1 Å². The third-order valence-corrected chi connectivity index (χ3v) is 6.24. The van der Waals surface area contributed by atoms with Gasteiger partial charge >= 0.3 is 0 Å². The van der Waals surface area contributed by atoms with Crippen LogP contribution in [-0.4, -0.2) is 35.7 Å². The molecule has 0 saturated carbocycles. The minimum atomic E-state index is -0.0495. The largest absolute Gasteiger partial charge is 0.494 e. The summed E-state index contributed by atoms with van der Waals surface area (Å²) < 4.78 is 9.72. The SMILES string of the molecule is CCOc1ccc2nc(SCc3nnc4n(C)c(=O)c5sccc5n34)[nH]c2c1. The monoisotopic (exact) mass is 412 g/mol. The Hall–Kier alpha value is -2.85. The number of hydrogen-bond donors (Lipinski definition) is 1. The Labute approximate surface area is 167 Å². The summed E-state index contributed by atoms with van der Waals surface area (Å²) in [5.41, 5.74) is 2.61. The van der Waals surface area contributed by atoms with Gasteiger partial charge in [-0.25, -0.2) is 4.98 Å². The molecule has 8 nitrogen and oxygen atoms in total. The molecule has 28 heavy (non-hydrogen) atoms. The standard InChI is InChI=1S/C18H16N6O2S2/c1-3-26-10-4-5-11-12(8-10)20-17(19-11)28-9-14-21-22-18-23(2)16(25)15-13(24(14)18)6-7-27-15/h4-8H,3,9H2,1-2H3,(H,19,20). The Kier molecular flexibility index (Phi) is 4.09. The predicted octanol–water partition coefficient (Wildman–Crippen LogP) is 3.21. The molecule has 1 N–H and O–H groups in total. The molecule has 0 amide bonds. The molecule has 0 unspecified atom stereocenters. The Morgan fingerprint density at radius 2 is 2.18 bits per heavy atom. The molecule has 5 aromatic rings. The second kappa shape index (κ2) is 6.64. The van der Waals surface area contributed by atoms with Crippen molar-refractivity contribution >= 4 is 50.1 Å². The number of ether oxygens (including phenoxy) is 1. The molecule has 0 spiro atoms. The van der Waals surface area contributed by atoms with Crippen LogP contribution in [0.25, 0.3) is 27.0 Å². The third kappa shape index (κ3) is 2.68. The van der Waals surface area contributed by atoms with Gasteiger partial charge in [0.1, 0.15) is 16.3 Å². The van der Waals surface area contributed by atoms with Gasteiger partial charge in [0, 0.05) is 13.1 Å². The van der Waals surface area contributed by atoms with Gasteiger partial charge in [-0.15, -0.1) is 21.5 Å². The van der Waals surface area contributed by atoms with Gasteiger partial charge in [-0.2, -0.15) is 0 Å². The molecule has 0 bridgehead atoms. The van der Waals surface area contributed by atoms with Crippen LogP contribution in [-0.2, 0) is 12.8 Å². The van der Waals surface area contributed by atoms with E-state index in [4.69, 9.17) is 4.74 Å². The molecule has 0 aliphatic rings. The maximum Gasteiger partial charge on any atom is 0.272 e. The Morgan fingerprint density at radius 1 is 1.29 bits per heavy atom. The van der Waals surface area contributed by atoms with Crippen LogP contribution in [0.1, 0.15) is 12.7 Å². The number of imidazole rings is 1. The Bertz CT molecular complexity index is 1380. The van der Waals surface area contributed by atoms with E-state index in [1.165, 1.54) is 15.9 Å². The number of thiophene rings is 1. The summed E-state index contributed by atoms with van der Waals surface area (Å²) in [6.45, 7) is 2.59. The van der Waals surface area contributed by atoms with E-state index in [-0.39, 0.29) is 5.56 Å². The number of H-pyrrole nitrogens is 1. The number of nitrogens with zero attached hydrogens (tertiary/aromatic N) is 5. The lowest BCUT2D eigenvalue weighted by Crippen LogP contribution is -2.19. The molecule has 0 saturated heterocycles. The van der Waals surface area contributed by atoms with E-state index < -0.39 is 0 Å². The normalized spacial score (nSPS) is 11.8. The number of aromatic amines is 1. The molecular formula is C18H16N6O2S2. The van der Waals surface area contributed by atoms with Crippen molar-refractivity contribution in [3.8, 4) is 5.75 Å². The molecule has 0 aliphatic heterocycles. The first-order valence-corrected chi connectivity index (χ1v) is 10.6. The highest BCUT2D eigenvalue weighted by Crippen LogP contribution is 2.26. The zero-order valence-corrected chi connectivity index (χ0v) is 16.8. The molecule has 0 aliphatic carbocycles. The highest BCUT2D eigenvalue weighted by atomic mass is 32.2. The summed E-state index contributed by atoms with van der Waals surface area (Å²) in [5, 5.41) is 11.2. The van der Waals surface area contributed by atoms with Crippen molar-refractivity contribution in [3.63, 3.8) is 0 Å². The third-order valence-electron chi connectivity index (χ3n) is 4.48.